The first-order chi connectivity index (χ1) is 16.1. The molecule has 1 atom stereocenters. The molecule has 0 unspecified atom stereocenters. The van der Waals surface area contributed by atoms with Crippen molar-refractivity contribution in [1.29, 1.82) is 0 Å². The molecule has 0 bridgehead atoms. The molecular formula is C23H20ClF3N4O3. The van der Waals surface area contributed by atoms with Crippen molar-refractivity contribution in [2.75, 3.05) is 11.9 Å². The van der Waals surface area contributed by atoms with E-state index in [4.69, 9.17) is 11.6 Å². The predicted octanol–water partition coefficient (Wildman–Crippen LogP) is 4.65. The Labute approximate surface area is 197 Å². The highest BCUT2D eigenvalue weighted by Crippen LogP contribution is 2.34. The molecule has 0 saturated carbocycles. The summed E-state index contributed by atoms with van der Waals surface area (Å²) < 4.78 is 43.8. The average Bonchev–Trinajstić information content (AvgIpc) is 3.32. The number of amides is 3. The first-order valence-electron chi connectivity index (χ1n) is 10.3. The van der Waals surface area contributed by atoms with E-state index in [0.29, 0.717) is 10.9 Å². The van der Waals surface area contributed by atoms with Gasteiger partial charge in [-0.05, 0) is 12.1 Å². The quantitative estimate of drug-likeness (QED) is 0.556. The second kappa shape index (κ2) is 9.02. The van der Waals surface area contributed by atoms with Crippen LogP contribution < -0.4 is 10.6 Å². The Bertz CT molecular complexity index is 1290. The van der Waals surface area contributed by atoms with Crippen LogP contribution in [0.2, 0.25) is 5.02 Å². The van der Waals surface area contributed by atoms with Crippen molar-refractivity contribution >= 4 is 46.0 Å². The van der Waals surface area contributed by atoms with Crippen molar-refractivity contribution in [3.05, 3.63) is 65.1 Å². The minimum Gasteiger partial charge on any atom is -0.334 e. The number of likely N-dealkylation sites (tertiary alicyclic amines) is 1. The topological polar surface area (TPSA) is 83.4 Å². The summed E-state index contributed by atoms with van der Waals surface area (Å²) in [6.45, 7) is 0.0856. The smallest absolute Gasteiger partial charge is 0.318 e. The number of hydrogen-bond donors (Lipinski definition) is 2. The molecule has 11 heteroatoms. The van der Waals surface area contributed by atoms with Crippen LogP contribution in [0.4, 0.5) is 23.7 Å². The Hall–Kier alpha value is -3.53. The summed E-state index contributed by atoms with van der Waals surface area (Å²) in [7, 11) is 0. The second-order valence-corrected chi connectivity index (χ2v) is 8.42. The second-order valence-electron chi connectivity index (χ2n) is 8.01. The summed E-state index contributed by atoms with van der Waals surface area (Å²) in [6.07, 6.45) is 0.535. The number of alkyl halides is 2. The number of urea groups is 1. The van der Waals surface area contributed by atoms with Crippen LogP contribution in [0.5, 0.6) is 0 Å². The van der Waals surface area contributed by atoms with Gasteiger partial charge in [0.1, 0.15) is 11.9 Å². The van der Waals surface area contributed by atoms with E-state index in [-0.39, 0.29) is 28.7 Å². The van der Waals surface area contributed by atoms with E-state index >= 15 is 0 Å². The molecule has 2 aromatic carbocycles. The SMILES string of the molecule is CC(=O)n1cc(NC(=O)[C@H]2CC(F)(F)CN2C(=O)NCc2cccc(Cl)c2F)c2ccccc21. The molecule has 3 aromatic rings. The van der Waals surface area contributed by atoms with Crippen molar-refractivity contribution in [3.63, 3.8) is 0 Å². The minimum atomic E-state index is -3.28. The zero-order valence-corrected chi connectivity index (χ0v) is 18.7. The van der Waals surface area contributed by atoms with E-state index in [1.54, 1.807) is 24.3 Å². The van der Waals surface area contributed by atoms with Gasteiger partial charge in [0, 0.05) is 37.0 Å². The number of rotatable bonds is 4. The molecule has 1 aliphatic heterocycles. The highest BCUT2D eigenvalue weighted by Gasteiger charge is 2.50. The number of nitrogens with zero attached hydrogens (tertiary/aromatic N) is 2. The molecule has 178 valence electrons. The van der Waals surface area contributed by atoms with Crippen LogP contribution in [0, 0.1) is 5.82 Å². The number of hydrogen-bond acceptors (Lipinski definition) is 3. The number of halogens is 4. The largest absolute Gasteiger partial charge is 0.334 e. The minimum absolute atomic E-state index is 0.0739. The molecule has 3 amide bonds. The van der Waals surface area contributed by atoms with Gasteiger partial charge in [0.25, 0.3) is 5.92 Å². The Balaban J connectivity index is 1.53. The summed E-state index contributed by atoms with van der Waals surface area (Å²) in [5.74, 6) is -5.13. The van der Waals surface area contributed by atoms with Gasteiger partial charge in [0.05, 0.1) is 22.8 Å². The molecule has 34 heavy (non-hydrogen) atoms. The third-order valence-corrected chi connectivity index (χ3v) is 5.90. The Morgan fingerprint density at radius 1 is 1.15 bits per heavy atom. The van der Waals surface area contributed by atoms with Crippen LogP contribution in [0.15, 0.2) is 48.7 Å². The van der Waals surface area contributed by atoms with E-state index in [1.807, 2.05) is 0 Å². The van der Waals surface area contributed by atoms with Gasteiger partial charge < -0.3 is 15.5 Å². The molecule has 7 nitrogen and oxygen atoms in total. The zero-order valence-electron chi connectivity index (χ0n) is 17.9. The Kier molecular flexibility index (Phi) is 6.26. The van der Waals surface area contributed by atoms with Crippen LogP contribution in [0.1, 0.15) is 23.7 Å². The normalized spacial score (nSPS) is 17.1. The maximum atomic E-state index is 14.2. The number of aromatic nitrogens is 1. The van der Waals surface area contributed by atoms with E-state index in [1.165, 1.54) is 35.9 Å². The van der Waals surface area contributed by atoms with E-state index in [2.05, 4.69) is 10.6 Å². The van der Waals surface area contributed by atoms with E-state index in [9.17, 15) is 27.6 Å². The van der Waals surface area contributed by atoms with Gasteiger partial charge in [-0.15, -0.1) is 0 Å². The van der Waals surface area contributed by atoms with Gasteiger partial charge >= 0.3 is 6.03 Å². The summed E-state index contributed by atoms with van der Waals surface area (Å²) in [5, 5.41) is 5.35. The van der Waals surface area contributed by atoms with Gasteiger partial charge in [-0.2, -0.15) is 0 Å². The lowest BCUT2D eigenvalue weighted by molar-refractivity contribution is -0.119. The zero-order chi connectivity index (χ0) is 24.6. The third-order valence-electron chi connectivity index (χ3n) is 5.60. The number of carbonyl (C=O) groups is 3. The highest BCUT2D eigenvalue weighted by atomic mass is 35.5. The lowest BCUT2D eigenvalue weighted by Gasteiger charge is -2.23. The number of fused-ring (bicyclic) bond motifs is 1. The maximum absolute atomic E-state index is 14.2. The molecule has 0 spiro atoms. The molecule has 1 aromatic heterocycles. The summed E-state index contributed by atoms with van der Waals surface area (Å²) in [5.41, 5.74) is 0.873. The van der Waals surface area contributed by atoms with Gasteiger partial charge in [0.15, 0.2) is 0 Å². The fraction of sp³-hybridized carbons (Fsp3) is 0.261. The fourth-order valence-electron chi connectivity index (χ4n) is 3.98. The lowest BCUT2D eigenvalue weighted by atomic mass is 10.1. The first kappa shape index (κ1) is 23.6. The Morgan fingerprint density at radius 3 is 2.62 bits per heavy atom. The standard InChI is InChI=1S/C23H20ClF3N4O3/c1-13(32)30-11-17(15-6-2-3-8-18(15)30)29-21(33)19-9-23(26,27)12-31(19)22(34)28-10-14-5-4-7-16(24)20(14)25/h2-8,11,19H,9-10,12H2,1H3,(H,28,34)(H,29,33)/t19-/m1/s1. The molecule has 1 aliphatic rings. The molecular weight excluding hydrogens is 473 g/mol. The molecule has 1 saturated heterocycles. The van der Waals surface area contributed by atoms with Crippen molar-refractivity contribution in [3.8, 4) is 0 Å². The predicted molar refractivity (Wildman–Crippen MR) is 121 cm³/mol. The van der Waals surface area contributed by atoms with Crippen molar-refractivity contribution in [2.45, 2.75) is 31.9 Å². The van der Waals surface area contributed by atoms with Crippen LogP contribution in [-0.2, 0) is 11.3 Å². The van der Waals surface area contributed by atoms with Crippen LogP contribution in [0.3, 0.4) is 0 Å². The van der Waals surface area contributed by atoms with Crippen LogP contribution in [0.25, 0.3) is 10.9 Å². The van der Waals surface area contributed by atoms with Gasteiger partial charge in [-0.3, -0.25) is 14.2 Å². The number of para-hydroxylation sites is 1. The Morgan fingerprint density at radius 2 is 1.88 bits per heavy atom. The molecule has 4 rings (SSSR count). The van der Waals surface area contributed by atoms with E-state index in [0.717, 1.165) is 4.90 Å². The highest BCUT2D eigenvalue weighted by molar-refractivity contribution is 6.30. The molecule has 2 heterocycles. The molecule has 1 fully saturated rings. The molecule has 2 N–H and O–H groups in total. The van der Waals surface area contributed by atoms with E-state index < -0.39 is 42.7 Å². The summed E-state index contributed by atoms with van der Waals surface area (Å²) in [6, 6.07) is 8.61. The van der Waals surface area contributed by atoms with Gasteiger partial charge in [0.2, 0.25) is 11.8 Å². The number of anilines is 1. The van der Waals surface area contributed by atoms with Crippen molar-refractivity contribution in [1.82, 2.24) is 14.8 Å². The van der Waals surface area contributed by atoms with Crippen LogP contribution >= 0.6 is 11.6 Å². The number of carbonyl (C=O) groups excluding carboxylic acids is 3. The number of nitrogens with one attached hydrogen (secondary N) is 2. The van der Waals surface area contributed by atoms with Crippen LogP contribution in [-0.4, -0.2) is 45.8 Å². The molecule has 0 radical (unpaired) electrons. The third kappa shape index (κ3) is 4.58. The average molecular weight is 493 g/mol. The summed E-state index contributed by atoms with van der Waals surface area (Å²) >= 11 is 5.73. The van der Waals surface area contributed by atoms with Crippen molar-refractivity contribution in [2.24, 2.45) is 0 Å². The maximum Gasteiger partial charge on any atom is 0.318 e. The van der Waals surface area contributed by atoms with Gasteiger partial charge in [-0.1, -0.05) is 41.9 Å². The molecule has 0 aliphatic carbocycles. The monoisotopic (exact) mass is 492 g/mol. The first-order valence-corrected chi connectivity index (χ1v) is 10.7. The van der Waals surface area contributed by atoms with Crippen molar-refractivity contribution < 1.29 is 27.6 Å². The lowest BCUT2D eigenvalue weighted by Crippen LogP contribution is -2.47. The summed E-state index contributed by atoms with van der Waals surface area (Å²) in [4.78, 5) is 38.3. The number of benzene rings is 2. The fourth-order valence-corrected chi connectivity index (χ4v) is 4.17. The van der Waals surface area contributed by atoms with Gasteiger partial charge in [-0.25, -0.2) is 18.0 Å².